The Morgan fingerprint density at radius 2 is 2.07 bits per heavy atom. The Kier molecular flexibility index (Phi) is 2.95. The fraction of sp³-hybridized carbons (Fsp3) is 0.467. The summed E-state index contributed by atoms with van der Waals surface area (Å²) in [6, 6.07) is 0. The van der Waals surface area contributed by atoms with Crippen LogP contribution in [0.2, 0.25) is 0 Å². The van der Waals surface area contributed by atoms with Crippen LogP contribution in [0.1, 0.15) is 33.6 Å². The van der Waals surface area contributed by atoms with Crippen molar-refractivity contribution in [3.05, 3.63) is 47.1 Å². The predicted octanol–water partition coefficient (Wildman–Crippen LogP) is 4.42. The molecule has 0 aromatic heterocycles. The molecule has 0 nitrogen and oxygen atoms in total. The molecule has 0 saturated heterocycles. The van der Waals surface area contributed by atoms with E-state index in [1.165, 1.54) is 18.4 Å². The van der Waals surface area contributed by atoms with Crippen LogP contribution >= 0.6 is 0 Å². The van der Waals surface area contributed by atoms with Gasteiger partial charge in [-0.2, -0.15) is 0 Å². The molecule has 2 atom stereocenters. The third-order valence-electron chi connectivity index (χ3n) is 3.60. The molecule has 0 aromatic carbocycles. The van der Waals surface area contributed by atoms with Gasteiger partial charge in [-0.05, 0) is 38.2 Å². The summed E-state index contributed by atoms with van der Waals surface area (Å²) in [5.41, 5.74) is 4.65. The number of rotatable bonds is 1. The highest BCUT2D eigenvalue weighted by Gasteiger charge is 2.23. The van der Waals surface area contributed by atoms with Gasteiger partial charge in [-0.3, -0.25) is 0 Å². The minimum absolute atomic E-state index is 0.617. The van der Waals surface area contributed by atoms with Crippen LogP contribution in [0.15, 0.2) is 47.1 Å². The quantitative estimate of drug-likeness (QED) is 0.587. The lowest BCUT2D eigenvalue weighted by atomic mass is 9.75. The van der Waals surface area contributed by atoms with Crippen molar-refractivity contribution in [1.82, 2.24) is 0 Å². The second-order valence-corrected chi connectivity index (χ2v) is 4.81. The molecule has 0 saturated carbocycles. The summed E-state index contributed by atoms with van der Waals surface area (Å²) in [5, 5.41) is 0. The molecule has 80 valence electrons. The van der Waals surface area contributed by atoms with Crippen LogP contribution < -0.4 is 0 Å². The maximum atomic E-state index is 2.34. The first kappa shape index (κ1) is 10.5. The van der Waals surface area contributed by atoms with Gasteiger partial charge in [-0.25, -0.2) is 0 Å². The van der Waals surface area contributed by atoms with Gasteiger partial charge in [-0.15, -0.1) is 0 Å². The molecule has 0 spiro atoms. The first-order valence-electron chi connectivity index (χ1n) is 5.91. The van der Waals surface area contributed by atoms with Crippen molar-refractivity contribution in [2.45, 2.75) is 33.6 Å². The summed E-state index contributed by atoms with van der Waals surface area (Å²) in [7, 11) is 0. The fourth-order valence-electron chi connectivity index (χ4n) is 2.71. The van der Waals surface area contributed by atoms with Crippen molar-refractivity contribution < 1.29 is 0 Å². The minimum Gasteiger partial charge on any atom is -0.0839 e. The molecule has 0 aliphatic heterocycles. The van der Waals surface area contributed by atoms with Gasteiger partial charge in [0.05, 0.1) is 0 Å². The van der Waals surface area contributed by atoms with Crippen molar-refractivity contribution in [2.75, 3.05) is 0 Å². The average Bonchev–Trinajstić information content (AvgIpc) is 2.20. The van der Waals surface area contributed by atoms with Gasteiger partial charge < -0.3 is 0 Å². The summed E-state index contributed by atoms with van der Waals surface area (Å²) in [4.78, 5) is 0. The topological polar surface area (TPSA) is 0 Å². The zero-order chi connectivity index (χ0) is 10.8. The molecule has 0 heteroatoms. The summed E-state index contributed by atoms with van der Waals surface area (Å²) >= 11 is 0. The molecule has 2 rings (SSSR count). The lowest BCUT2D eigenvalue weighted by Crippen LogP contribution is -2.17. The highest BCUT2D eigenvalue weighted by molar-refractivity contribution is 5.39. The van der Waals surface area contributed by atoms with Crippen molar-refractivity contribution in [2.24, 2.45) is 11.8 Å². The molecule has 2 aliphatic carbocycles. The SMILES string of the molecule is CC1=CC=CC(C)C1C1=C(C)CCC=C1. The van der Waals surface area contributed by atoms with E-state index in [9.17, 15) is 0 Å². The van der Waals surface area contributed by atoms with E-state index in [0.717, 1.165) is 0 Å². The van der Waals surface area contributed by atoms with Crippen molar-refractivity contribution in [3.63, 3.8) is 0 Å². The predicted molar refractivity (Wildman–Crippen MR) is 66.6 cm³/mol. The molecule has 0 heterocycles. The van der Waals surface area contributed by atoms with Crippen LogP contribution in [0.5, 0.6) is 0 Å². The Bertz CT molecular complexity index is 363. The second-order valence-electron chi connectivity index (χ2n) is 4.81. The van der Waals surface area contributed by atoms with Crippen LogP contribution in [0.3, 0.4) is 0 Å². The largest absolute Gasteiger partial charge is 0.0839 e. The standard InChI is InChI=1S/C15H20/c1-11-7-4-5-10-14(11)15-12(2)8-6-9-13(15)3/h5-6,8-10,12,15H,4,7H2,1-3H3. The van der Waals surface area contributed by atoms with E-state index in [1.807, 2.05) is 0 Å². The normalized spacial score (nSPS) is 30.7. The number of hydrogen-bond donors (Lipinski definition) is 0. The molecule has 0 N–H and O–H groups in total. The van der Waals surface area contributed by atoms with Crippen LogP contribution in [-0.4, -0.2) is 0 Å². The Labute approximate surface area is 93.1 Å². The highest BCUT2D eigenvalue weighted by atomic mass is 14.3. The summed E-state index contributed by atoms with van der Waals surface area (Å²) in [6.45, 7) is 6.87. The Hall–Kier alpha value is -1.04. The number of hydrogen-bond acceptors (Lipinski definition) is 0. The zero-order valence-electron chi connectivity index (χ0n) is 9.96. The van der Waals surface area contributed by atoms with E-state index in [2.05, 4.69) is 51.2 Å². The van der Waals surface area contributed by atoms with Gasteiger partial charge in [0.15, 0.2) is 0 Å². The zero-order valence-corrected chi connectivity index (χ0v) is 9.96. The van der Waals surface area contributed by atoms with Gasteiger partial charge in [0, 0.05) is 5.92 Å². The molecule has 2 aliphatic rings. The van der Waals surface area contributed by atoms with Gasteiger partial charge in [0.25, 0.3) is 0 Å². The van der Waals surface area contributed by atoms with Gasteiger partial charge in [0.2, 0.25) is 0 Å². The minimum atomic E-state index is 0.617. The maximum absolute atomic E-state index is 2.34. The average molecular weight is 200 g/mol. The van der Waals surface area contributed by atoms with E-state index in [1.54, 1.807) is 11.1 Å². The summed E-state index contributed by atoms with van der Waals surface area (Å²) < 4.78 is 0. The molecule has 0 radical (unpaired) electrons. The third-order valence-corrected chi connectivity index (χ3v) is 3.60. The van der Waals surface area contributed by atoms with Crippen LogP contribution in [0, 0.1) is 11.8 Å². The van der Waals surface area contributed by atoms with Crippen molar-refractivity contribution in [3.8, 4) is 0 Å². The molecular weight excluding hydrogens is 180 g/mol. The highest BCUT2D eigenvalue weighted by Crippen LogP contribution is 2.36. The van der Waals surface area contributed by atoms with Crippen molar-refractivity contribution in [1.29, 1.82) is 0 Å². The molecule has 0 fully saturated rings. The molecule has 15 heavy (non-hydrogen) atoms. The third kappa shape index (κ3) is 1.99. The number of allylic oxidation sites excluding steroid dienone is 8. The molecule has 0 amide bonds. The van der Waals surface area contributed by atoms with Gasteiger partial charge in [-0.1, -0.05) is 48.5 Å². The second kappa shape index (κ2) is 4.22. The summed E-state index contributed by atoms with van der Waals surface area (Å²) in [5.74, 6) is 1.26. The lowest BCUT2D eigenvalue weighted by Gasteiger charge is -2.29. The molecule has 2 unspecified atom stereocenters. The first-order valence-corrected chi connectivity index (χ1v) is 5.91. The van der Waals surface area contributed by atoms with Crippen LogP contribution in [0.25, 0.3) is 0 Å². The Balaban J connectivity index is 2.34. The lowest BCUT2D eigenvalue weighted by molar-refractivity contribution is 0.548. The molecule has 0 aromatic rings. The van der Waals surface area contributed by atoms with Crippen LogP contribution in [-0.2, 0) is 0 Å². The fourth-order valence-corrected chi connectivity index (χ4v) is 2.71. The van der Waals surface area contributed by atoms with E-state index in [-0.39, 0.29) is 0 Å². The first-order chi connectivity index (χ1) is 7.20. The van der Waals surface area contributed by atoms with E-state index in [4.69, 9.17) is 0 Å². The van der Waals surface area contributed by atoms with E-state index in [0.29, 0.717) is 11.8 Å². The summed E-state index contributed by atoms with van der Waals surface area (Å²) in [6.07, 6.45) is 13.9. The van der Waals surface area contributed by atoms with Crippen molar-refractivity contribution >= 4 is 0 Å². The van der Waals surface area contributed by atoms with Gasteiger partial charge in [0.1, 0.15) is 0 Å². The van der Waals surface area contributed by atoms with Gasteiger partial charge >= 0.3 is 0 Å². The monoisotopic (exact) mass is 200 g/mol. The Morgan fingerprint density at radius 3 is 2.73 bits per heavy atom. The smallest absolute Gasteiger partial charge is 0.0108 e. The van der Waals surface area contributed by atoms with E-state index >= 15 is 0 Å². The Morgan fingerprint density at radius 1 is 1.27 bits per heavy atom. The van der Waals surface area contributed by atoms with E-state index < -0.39 is 0 Å². The maximum Gasteiger partial charge on any atom is 0.0108 e. The molecular formula is C15H20. The molecule has 0 bridgehead atoms. The van der Waals surface area contributed by atoms with Crippen LogP contribution in [0.4, 0.5) is 0 Å².